The van der Waals surface area contributed by atoms with E-state index in [9.17, 15) is 9.59 Å². The molecule has 2 aromatic rings. The topological polar surface area (TPSA) is 55.4 Å². The average molecular weight is 444 g/mol. The Labute approximate surface area is 176 Å². The van der Waals surface area contributed by atoms with E-state index in [1.165, 1.54) is 28.0 Å². The van der Waals surface area contributed by atoms with Gasteiger partial charge in [0.2, 0.25) is 5.91 Å². The minimum atomic E-state index is -0.359. The van der Waals surface area contributed by atoms with E-state index < -0.39 is 0 Å². The molecule has 27 heavy (non-hydrogen) atoms. The molecule has 1 aromatic carbocycles. The van der Waals surface area contributed by atoms with Crippen LogP contribution >= 0.6 is 46.3 Å². The zero-order chi connectivity index (χ0) is 19.4. The van der Waals surface area contributed by atoms with Crippen LogP contribution < -0.4 is 5.32 Å². The Morgan fingerprint density at radius 3 is 2.70 bits per heavy atom. The van der Waals surface area contributed by atoms with Crippen molar-refractivity contribution in [3.8, 4) is 0 Å². The molecular weight excluding hydrogens is 425 g/mol. The first-order chi connectivity index (χ1) is 13.0. The molecule has 1 aliphatic carbocycles. The van der Waals surface area contributed by atoms with E-state index in [1.807, 2.05) is 0 Å². The van der Waals surface area contributed by atoms with E-state index in [4.69, 9.17) is 27.9 Å². The predicted octanol–water partition coefficient (Wildman–Crippen LogP) is 5.59. The number of esters is 1. The number of fused-ring (bicyclic) bond motifs is 1. The van der Waals surface area contributed by atoms with Crippen LogP contribution in [-0.4, -0.2) is 24.2 Å². The summed E-state index contributed by atoms with van der Waals surface area (Å²) in [4.78, 5) is 25.9. The van der Waals surface area contributed by atoms with Crippen LogP contribution in [0.3, 0.4) is 0 Å². The van der Waals surface area contributed by atoms with Crippen LogP contribution in [0.15, 0.2) is 18.2 Å². The lowest BCUT2D eigenvalue weighted by Crippen LogP contribution is -2.16. The molecule has 3 rings (SSSR count). The van der Waals surface area contributed by atoms with Gasteiger partial charge in [-0.3, -0.25) is 4.79 Å². The molecule has 0 unspecified atom stereocenters. The van der Waals surface area contributed by atoms with E-state index in [2.05, 4.69) is 5.32 Å². The number of benzene rings is 1. The molecule has 1 N–H and O–H groups in total. The number of halogens is 2. The molecule has 0 fully saturated rings. The molecule has 0 spiro atoms. The summed E-state index contributed by atoms with van der Waals surface area (Å²) in [5.74, 6) is 0.264. The monoisotopic (exact) mass is 443 g/mol. The Kier molecular flexibility index (Phi) is 7.09. The van der Waals surface area contributed by atoms with E-state index in [1.54, 1.807) is 25.1 Å². The molecule has 1 amide bonds. The first kappa shape index (κ1) is 20.5. The van der Waals surface area contributed by atoms with Crippen molar-refractivity contribution in [2.24, 2.45) is 0 Å². The Hall–Kier alpha value is -1.21. The van der Waals surface area contributed by atoms with Gasteiger partial charge in [0.1, 0.15) is 5.00 Å². The van der Waals surface area contributed by atoms with Gasteiger partial charge in [0.15, 0.2) is 0 Å². The second-order valence-electron chi connectivity index (χ2n) is 6.02. The summed E-state index contributed by atoms with van der Waals surface area (Å²) in [5, 5.41) is 4.67. The quantitative estimate of drug-likeness (QED) is 0.566. The van der Waals surface area contributed by atoms with Crippen molar-refractivity contribution in [2.45, 2.75) is 31.9 Å². The molecule has 0 bridgehead atoms. The van der Waals surface area contributed by atoms with Crippen LogP contribution in [-0.2, 0) is 28.1 Å². The molecule has 144 valence electrons. The van der Waals surface area contributed by atoms with Gasteiger partial charge < -0.3 is 10.1 Å². The van der Waals surface area contributed by atoms with Crippen LogP contribution in [0.5, 0.6) is 0 Å². The highest BCUT2D eigenvalue weighted by Gasteiger charge is 2.28. The van der Waals surface area contributed by atoms with Gasteiger partial charge in [-0.15, -0.1) is 23.1 Å². The van der Waals surface area contributed by atoms with E-state index in [-0.39, 0.29) is 17.6 Å². The number of anilines is 1. The summed E-state index contributed by atoms with van der Waals surface area (Å²) in [6, 6.07) is 5.35. The minimum absolute atomic E-state index is 0.159. The largest absolute Gasteiger partial charge is 0.462 e. The maximum atomic E-state index is 12.4. The first-order valence-electron chi connectivity index (χ1n) is 8.63. The van der Waals surface area contributed by atoms with Crippen LogP contribution in [0, 0.1) is 0 Å². The zero-order valence-electron chi connectivity index (χ0n) is 14.8. The van der Waals surface area contributed by atoms with Crippen molar-refractivity contribution in [3.63, 3.8) is 0 Å². The number of carbonyl (C=O) groups excluding carboxylic acids is 2. The second-order valence-corrected chi connectivity index (χ2v) is 8.93. The molecule has 1 heterocycles. The number of ether oxygens (including phenoxy) is 1. The summed E-state index contributed by atoms with van der Waals surface area (Å²) in [7, 11) is 0. The third-order valence-electron chi connectivity index (χ3n) is 4.20. The van der Waals surface area contributed by atoms with Gasteiger partial charge in [0, 0.05) is 20.7 Å². The fraction of sp³-hybridized carbons (Fsp3) is 0.368. The lowest BCUT2D eigenvalue weighted by Gasteiger charge is -2.09. The first-order valence-corrected chi connectivity index (χ1v) is 11.4. The number of carbonyl (C=O) groups is 2. The number of aryl methyl sites for hydroxylation is 1. The zero-order valence-corrected chi connectivity index (χ0v) is 17.9. The van der Waals surface area contributed by atoms with Crippen molar-refractivity contribution in [2.75, 3.05) is 17.7 Å². The summed E-state index contributed by atoms with van der Waals surface area (Å²) in [6.07, 6.45) is 2.84. The van der Waals surface area contributed by atoms with Gasteiger partial charge in [-0.1, -0.05) is 29.3 Å². The minimum Gasteiger partial charge on any atom is -0.462 e. The van der Waals surface area contributed by atoms with Crippen LogP contribution in [0.2, 0.25) is 10.0 Å². The summed E-state index contributed by atoms with van der Waals surface area (Å²) in [5.41, 5.74) is 2.38. The van der Waals surface area contributed by atoms with E-state index in [0.717, 1.165) is 30.4 Å². The standard InChI is InChI=1S/C19H19Cl2NO3S2/c1-2-25-19(24)17-11-5-3-8-15(11)27-18(17)22-16(23)10-26-9-12-13(20)6-4-7-14(12)21/h4,6-7H,2-3,5,8-10H2,1H3,(H,22,23). The van der Waals surface area contributed by atoms with Crippen molar-refractivity contribution >= 4 is 63.2 Å². The summed E-state index contributed by atoms with van der Waals surface area (Å²) >= 11 is 15.2. The van der Waals surface area contributed by atoms with Crippen molar-refractivity contribution in [1.82, 2.24) is 0 Å². The predicted molar refractivity (Wildman–Crippen MR) is 114 cm³/mol. The Balaban J connectivity index is 1.64. The molecule has 4 nitrogen and oxygen atoms in total. The molecule has 0 saturated heterocycles. The fourth-order valence-corrected chi connectivity index (χ4v) is 5.85. The highest BCUT2D eigenvalue weighted by atomic mass is 35.5. The number of hydrogen-bond acceptors (Lipinski definition) is 5. The molecule has 0 saturated carbocycles. The highest BCUT2D eigenvalue weighted by molar-refractivity contribution is 7.99. The van der Waals surface area contributed by atoms with Gasteiger partial charge in [0.25, 0.3) is 0 Å². The molecule has 1 aliphatic rings. The molecular formula is C19H19Cl2NO3S2. The van der Waals surface area contributed by atoms with Gasteiger partial charge in [-0.25, -0.2) is 4.79 Å². The van der Waals surface area contributed by atoms with Crippen molar-refractivity contribution < 1.29 is 14.3 Å². The third kappa shape index (κ3) is 4.80. The number of hydrogen-bond donors (Lipinski definition) is 1. The summed E-state index contributed by atoms with van der Waals surface area (Å²) in [6.45, 7) is 2.09. The van der Waals surface area contributed by atoms with E-state index in [0.29, 0.717) is 33.0 Å². The van der Waals surface area contributed by atoms with Crippen molar-refractivity contribution in [1.29, 1.82) is 0 Å². The van der Waals surface area contributed by atoms with Crippen LogP contribution in [0.25, 0.3) is 0 Å². The second kappa shape index (κ2) is 9.32. The molecule has 0 aliphatic heterocycles. The SMILES string of the molecule is CCOC(=O)c1c(NC(=O)CSCc2c(Cl)cccc2Cl)sc2c1CCC2. The molecule has 1 aromatic heterocycles. The third-order valence-corrected chi connectivity index (χ3v) is 7.07. The Morgan fingerprint density at radius 1 is 1.26 bits per heavy atom. The van der Waals surface area contributed by atoms with Gasteiger partial charge in [-0.05, 0) is 49.4 Å². The number of thiophene rings is 1. The van der Waals surface area contributed by atoms with Gasteiger partial charge >= 0.3 is 5.97 Å². The maximum Gasteiger partial charge on any atom is 0.341 e. The lowest BCUT2D eigenvalue weighted by atomic mass is 10.1. The number of nitrogens with one attached hydrogen (secondary N) is 1. The number of rotatable bonds is 7. The van der Waals surface area contributed by atoms with Crippen molar-refractivity contribution in [3.05, 3.63) is 49.8 Å². The number of thioether (sulfide) groups is 1. The van der Waals surface area contributed by atoms with Crippen LogP contribution in [0.1, 0.15) is 39.7 Å². The number of amides is 1. The fourth-order valence-electron chi connectivity index (χ4n) is 2.99. The Morgan fingerprint density at radius 2 is 2.00 bits per heavy atom. The van der Waals surface area contributed by atoms with Gasteiger partial charge in [-0.2, -0.15) is 0 Å². The summed E-state index contributed by atoms with van der Waals surface area (Å²) < 4.78 is 5.18. The molecule has 8 heteroatoms. The maximum absolute atomic E-state index is 12.4. The molecule has 0 atom stereocenters. The smallest absolute Gasteiger partial charge is 0.341 e. The molecule has 0 radical (unpaired) electrons. The van der Waals surface area contributed by atoms with Gasteiger partial charge in [0.05, 0.1) is 17.9 Å². The highest BCUT2D eigenvalue weighted by Crippen LogP contribution is 2.39. The normalized spacial score (nSPS) is 12.7. The lowest BCUT2D eigenvalue weighted by molar-refractivity contribution is -0.113. The van der Waals surface area contributed by atoms with E-state index >= 15 is 0 Å². The van der Waals surface area contributed by atoms with Crippen LogP contribution in [0.4, 0.5) is 5.00 Å². The average Bonchev–Trinajstić information content (AvgIpc) is 3.18. The Bertz CT molecular complexity index is 847.